The minimum atomic E-state index is 0.0317. The Hall–Kier alpha value is -1.51. The number of benzene rings is 1. The first-order chi connectivity index (χ1) is 8.54. The maximum absolute atomic E-state index is 12.2. The van der Waals surface area contributed by atoms with Gasteiger partial charge < -0.3 is 10.6 Å². The molecule has 98 valence electrons. The largest absolute Gasteiger partial charge is 0.384 e. The summed E-state index contributed by atoms with van der Waals surface area (Å²) in [5, 5.41) is 6.43. The van der Waals surface area contributed by atoms with E-state index in [2.05, 4.69) is 24.5 Å². The van der Waals surface area contributed by atoms with E-state index in [1.54, 1.807) is 0 Å². The average Bonchev–Trinajstić information content (AvgIpc) is 3.04. The SMILES string of the molecule is CCCNc1cc(C)ccc1C(=O)NC1(C)CC1. The molecule has 1 aliphatic carbocycles. The Balaban J connectivity index is 2.16. The van der Waals surface area contributed by atoms with E-state index in [1.165, 1.54) is 5.56 Å². The number of nitrogens with one attached hydrogen (secondary N) is 2. The van der Waals surface area contributed by atoms with E-state index >= 15 is 0 Å². The van der Waals surface area contributed by atoms with Crippen molar-refractivity contribution in [3.05, 3.63) is 29.3 Å². The predicted molar refractivity (Wildman–Crippen MR) is 75.1 cm³/mol. The molecule has 0 aliphatic heterocycles. The summed E-state index contributed by atoms with van der Waals surface area (Å²) >= 11 is 0. The fourth-order valence-electron chi connectivity index (χ4n) is 1.92. The predicted octanol–water partition coefficient (Wildman–Crippen LogP) is 3.10. The minimum Gasteiger partial charge on any atom is -0.384 e. The lowest BCUT2D eigenvalue weighted by Gasteiger charge is -2.15. The normalized spacial score (nSPS) is 16.2. The molecular formula is C15H22N2O. The summed E-state index contributed by atoms with van der Waals surface area (Å²) in [6, 6.07) is 5.94. The molecule has 0 spiro atoms. The zero-order valence-corrected chi connectivity index (χ0v) is 11.5. The monoisotopic (exact) mass is 246 g/mol. The van der Waals surface area contributed by atoms with Crippen molar-refractivity contribution >= 4 is 11.6 Å². The fraction of sp³-hybridized carbons (Fsp3) is 0.533. The Labute approximate surface area is 109 Å². The summed E-state index contributed by atoms with van der Waals surface area (Å²) in [4.78, 5) is 12.2. The lowest BCUT2D eigenvalue weighted by Crippen LogP contribution is -2.34. The van der Waals surface area contributed by atoms with E-state index in [0.717, 1.165) is 37.1 Å². The van der Waals surface area contributed by atoms with E-state index in [-0.39, 0.29) is 11.4 Å². The van der Waals surface area contributed by atoms with Crippen LogP contribution in [0.1, 0.15) is 49.0 Å². The molecule has 2 N–H and O–H groups in total. The molecule has 0 atom stereocenters. The summed E-state index contributed by atoms with van der Waals surface area (Å²) < 4.78 is 0. The molecule has 3 heteroatoms. The Morgan fingerprint density at radius 3 is 2.72 bits per heavy atom. The van der Waals surface area contributed by atoms with Gasteiger partial charge in [0.1, 0.15) is 0 Å². The zero-order valence-electron chi connectivity index (χ0n) is 11.5. The van der Waals surface area contributed by atoms with Gasteiger partial charge in [-0.1, -0.05) is 13.0 Å². The van der Waals surface area contributed by atoms with E-state index in [9.17, 15) is 4.79 Å². The van der Waals surface area contributed by atoms with Crippen LogP contribution in [0.2, 0.25) is 0 Å². The number of rotatable bonds is 5. The Morgan fingerprint density at radius 2 is 2.11 bits per heavy atom. The Morgan fingerprint density at radius 1 is 1.39 bits per heavy atom. The van der Waals surface area contributed by atoms with Crippen LogP contribution in [0.15, 0.2) is 18.2 Å². The zero-order chi connectivity index (χ0) is 13.2. The lowest BCUT2D eigenvalue weighted by atomic mass is 10.1. The molecule has 1 saturated carbocycles. The lowest BCUT2D eigenvalue weighted by molar-refractivity contribution is 0.0936. The molecule has 0 bridgehead atoms. The number of anilines is 1. The van der Waals surface area contributed by atoms with E-state index in [4.69, 9.17) is 0 Å². The first kappa shape index (κ1) is 12.9. The Bertz CT molecular complexity index is 450. The number of aryl methyl sites for hydroxylation is 1. The van der Waals surface area contributed by atoms with Crippen LogP contribution in [0.5, 0.6) is 0 Å². The maximum Gasteiger partial charge on any atom is 0.253 e. The maximum atomic E-state index is 12.2. The third-order valence-corrected chi connectivity index (χ3v) is 3.40. The smallest absolute Gasteiger partial charge is 0.253 e. The Kier molecular flexibility index (Phi) is 3.60. The number of amides is 1. The van der Waals surface area contributed by atoms with Gasteiger partial charge in [0.2, 0.25) is 0 Å². The molecule has 3 nitrogen and oxygen atoms in total. The second-order valence-electron chi connectivity index (χ2n) is 5.49. The van der Waals surface area contributed by atoms with E-state index in [1.807, 2.05) is 25.1 Å². The minimum absolute atomic E-state index is 0.0317. The average molecular weight is 246 g/mol. The molecule has 0 radical (unpaired) electrons. The van der Waals surface area contributed by atoms with Crippen molar-refractivity contribution in [2.24, 2.45) is 0 Å². The second kappa shape index (κ2) is 5.01. The molecule has 1 amide bonds. The highest BCUT2D eigenvalue weighted by molar-refractivity contribution is 6.00. The third kappa shape index (κ3) is 3.03. The number of hydrogen-bond acceptors (Lipinski definition) is 2. The summed E-state index contributed by atoms with van der Waals surface area (Å²) in [5.41, 5.74) is 2.90. The summed E-state index contributed by atoms with van der Waals surface area (Å²) in [5.74, 6) is 0.0357. The first-order valence-electron chi connectivity index (χ1n) is 6.71. The van der Waals surface area contributed by atoms with Crippen LogP contribution in [0, 0.1) is 6.92 Å². The summed E-state index contributed by atoms with van der Waals surface area (Å²) in [7, 11) is 0. The van der Waals surface area contributed by atoms with Gasteiger partial charge in [-0.15, -0.1) is 0 Å². The second-order valence-corrected chi connectivity index (χ2v) is 5.49. The standard InChI is InChI=1S/C15H22N2O/c1-4-9-16-13-10-11(2)5-6-12(13)14(18)17-15(3)7-8-15/h5-6,10,16H,4,7-9H2,1-3H3,(H,17,18). The molecule has 1 aromatic rings. The van der Waals surface area contributed by atoms with Gasteiger partial charge in [-0.2, -0.15) is 0 Å². The third-order valence-electron chi connectivity index (χ3n) is 3.40. The molecule has 18 heavy (non-hydrogen) atoms. The molecule has 0 heterocycles. The van der Waals surface area contributed by atoms with Crippen molar-refractivity contribution < 1.29 is 4.79 Å². The fourth-order valence-corrected chi connectivity index (χ4v) is 1.92. The van der Waals surface area contributed by atoms with Crippen molar-refractivity contribution in [1.82, 2.24) is 5.32 Å². The van der Waals surface area contributed by atoms with Crippen LogP contribution in [0.25, 0.3) is 0 Å². The highest BCUT2D eigenvalue weighted by Gasteiger charge is 2.39. The summed E-state index contributed by atoms with van der Waals surface area (Å²) in [6.07, 6.45) is 3.22. The van der Waals surface area contributed by atoms with Crippen LogP contribution >= 0.6 is 0 Å². The quantitative estimate of drug-likeness (QED) is 0.838. The van der Waals surface area contributed by atoms with E-state index < -0.39 is 0 Å². The molecule has 0 unspecified atom stereocenters. The molecule has 2 rings (SSSR count). The molecule has 1 aliphatic rings. The van der Waals surface area contributed by atoms with Crippen LogP contribution < -0.4 is 10.6 Å². The van der Waals surface area contributed by atoms with Crippen LogP contribution in [0.4, 0.5) is 5.69 Å². The van der Waals surface area contributed by atoms with Gasteiger partial charge in [-0.3, -0.25) is 4.79 Å². The molecule has 0 aromatic heterocycles. The topological polar surface area (TPSA) is 41.1 Å². The van der Waals surface area contributed by atoms with Crippen molar-refractivity contribution in [3.8, 4) is 0 Å². The van der Waals surface area contributed by atoms with Gasteiger partial charge >= 0.3 is 0 Å². The molecular weight excluding hydrogens is 224 g/mol. The van der Waals surface area contributed by atoms with Gasteiger partial charge in [0.05, 0.1) is 5.56 Å². The van der Waals surface area contributed by atoms with Gasteiger partial charge in [-0.25, -0.2) is 0 Å². The van der Waals surface area contributed by atoms with Gasteiger partial charge in [0.15, 0.2) is 0 Å². The highest BCUT2D eigenvalue weighted by Crippen LogP contribution is 2.35. The molecule has 0 saturated heterocycles. The van der Waals surface area contributed by atoms with Crippen LogP contribution in [-0.2, 0) is 0 Å². The van der Waals surface area contributed by atoms with Crippen molar-refractivity contribution in [3.63, 3.8) is 0 Å². The number of hydrogen-bond donors (Lipinski definition) is 2. The van der Waals surface area contributed by atoms with Crippen molar-refractivity contribution in [2.45, 2.75) is 45.6 Å². The van der Waals surface area contributed by atoms with Crippen molar-refractivity contribution in [2.75, 3.05) is 11.9 Å². The molecule has 1 fully saturated rings. The van der Waals surface area contributed by atoms with Gasteiger partial charge in [-0.05, 0) is 50.8 Å². The highest BCUT2D eigenvalue weighted by atomic mass is 16.1. The van der Waals surface area contributed by atoms with Gasteiger partial charge in [0, 0.05) is 17.8 Å². The first-order valence-corrected chi connectivity index (χ1v) is 6.71. The van der Waals surface area contributed by atoms with Crippen molar-refractivity contribution in [1.29, 1.82) is 0 Å². The van der Waals surface area contributed by atoms with Gasteiger partial charge in [0.25, 0.3) is 5.91 Å². The summed E-state index contributed by atoms with van der Waals surface area (Å²) in [6.45, 7) is 7.15. The number of carbonyl (C=O) groups is 1. The van der Waals surface area contributed by atoms with Crippen LogP contribution in [-0.4, -0.2) is 18.0 Å². The van der Waals surface area contributed by atoms with Crippen LogP contribution in [0.3, 0.4) is 0 Å². The van der Waals surface area contributed by atoms with E-state index in [0.29, 0.717) is 0 Å². The number of carbonyl (C=O) groups excluding carboxylic acids is 1. The molecule has 1 aromatic carbocycles.